The van der Waals surface area contributed by atoms with Crippen molar-refractivity contribution in [3.63, 3.8) is 0 Å². The van der Waals surface area contributed by atoms with E-state index in [1.54, 1.807) is 0 Å². The average Bonchev–Trinajstić information content (AvgIpc) is 2.29. The third-order valence-corrected chi connectivity index (χ3v) is 4.32. The van der Waals surface area contributed by atoms with Crippen LogP contribution in [0.1, 0.15) is 31.2 Å². The van der Waals surface area contributed by atoms with Crippen molar-refractivity contribution in [2.45, 2.75) is 43.7 Å². The summed E-state index contributed by atoms with van der Waals surface area (Å²) in [5.74, 6) is 0. The first-order valence-electron chi connectivity index (χ1n) is 5.97. The van der Waals surface area contributed by atoms with Crippen LogP contribution in [0, 0.1) is 0 Å². The summed E-state index contributed by atoms with van der Waals surface area (Å²) in [6.45, 7) is 0. The maximum atomic E-state index is 6.42. The second kappa shape index (κ2) is 5.15. The van der Waals surface area contributed by atoms with Gasteiger partial charge in [-0.2, -0.15) is 0 Å². The summed E-state index contributed by atoms with van der Waals surface area (Å²) in [6.07, 6.45) is 4.58. The standard InChI is InChI=1S/C13H18Cl2N2/c14-11-2-1-3-12(15)10(11)8-13(17)6-4-9(16)5-7-13/h1-3,9H,4-8,16-17H2. The molecule has 1 aromatic carbocycles. The van der Waals surface area contributed by atoms with E-state index in [-0.39, 0.29) is 5.54 Å². The Labute approximate surface area is 112 Å². The van der Waals surface area contributed by atoms with Gasteiger partial charge in [-0.05, 0) is 49.8 Å². The molecule has 0 heterocycles. The van der Waals surface area contributed by atoms with E-state index in [0.29, 0.717) is 16.1 Å². The van der Waals surface area contributed by atoms with Crippen molar-refractivity contribution in [1.82, 2.24) is 0 Å². The Morgan fingerprint density at radius 3 is 2.24 bits per heavy atom. The van der Waals surface area contributed by atoms with Gasteiger partial charge in [0.25, 0.3) is 0 Å². The molecule has 0 aliphatic heterocycles. The normalized spacial score (nSPS) is 29.3. The van der Waals surface area contributed by atoms with E-state index in [2.05, 4.69) is 0 Å². The molecule has 0 unspecified atom stereocenters. The van der Waals surface area contributed by atoms with Gasteiger partial charge in [0.05, 0.1) is 0 Å². The average molecular weight is 273 g/mol. The van der Waals surface area contributed by atoms with Crippen LogP contribution in [0.5, 0.6) is 0 Å². The second-order valence-corrected chi connectivity index (χ2v) is 5.89. The summed E-state index contributed by atoms with van der Waals surface area (Å²) >= 11 is 12.3. The molecule has 4 heteroatoms. The molecule has 0 bridgehead atoms. The van der Waals surface area contributed by atoms with Crippen LogP contribution < -0.4 is 11.5 Å². The summed E-state index contributed by atoms with van der Waals surface area (Å²) in [7, 11) is 0. The van der Waals surface area contributed by atoms with E-state index in [4.69, 9.17) is 34.7 Å². The predicted octanol–water partition coefficient (Wildman–Crippen LogP) is 3.13. The maximum Gasteiger partial charge on any atom is 0.0453 e. The van der Waals surface area contributed by atoms with Gasteiger partial charge in [-0.3, -0.25) is 0 Å². The van der Waals surface area contributed by atoms with E-state index in [1.165, 1.54) is 0 Å². The molecular formula is C13H18Cl2N2. The number of nitrogens with two attached hydrogens (primary N) is 2. The number of benzene rings is 1. The topological polar surface area (TPSA) is 52.0 Å². The lowest BCUT2D eigenvalue weighted by atomic mass is 9.77. The molecule has 0 spiro atoms. The molecule has 4 N–H and O–H groups in total. The van der Waals surface area contributed by atoms with Crippen LogP contribution in [0.3, 0.4) is 0 Å². The van der Waals surface area contributed by atoms with E-state index >= 15 is 0 Å². The molecule has 1 saturated carbocycles. The molecule has 1 aliphatic carbocycles. The number of hydrogen-bond donors (Lipinski definition) is 2. The molecule has 1 fully saturated rings. The highest BCUT2D eigenvalue weighted by molar-refractivity contribution is 6.36. The van der Waals surface area contributed by atoms with E-state index < -0.39 is 0 Å². The molecule has 0 radical (unpaired) electrons. The van der Waals surface area contributed by atoms with Gasteiger partial charge in [0.1, 0.15) is 0 Å². The van der Waals surface area contributed by atoms with Crippen molar-refractivity contribution in [2.24, 2.45) is 11.5 Å². The minimum Gasteiger partial charge on any atom is -0.328 e. The number of halogens is 2. The van der Waals surface area contributed by atoms with Crippen LogP contribution in [0.25, 0.3) is 0 Å². The summed E-state index contributed by atoms with van der Waals surface area (Å²) in [5.41, 5.74) is 13.1. The van der Waals surface area contributed by atoms with Crippen molar-refractivity contribution < 1.29 is 0 Å². The third kappa shape index (κ3) is 3.14. The summed E-state index contributed by atoms with van der Waals surface area (Å²) in [6, 6.07) is 5.88. The van der Waals surface area contributed by atoms with Crippen LogP contribution in [0.15, 0.2) is 18.2 Å². The fourth-order valence-corrected chi connectivity index (χ4v) is 2.98. The highest BCUT2D eigenvalue weighted by Gasteiger charge is 2.31. The van der Waals surface area contributed by atoms with Gasteiger partial charge in [0.2, 0.25) is 0 Å². The molecule has 0 amide bonds. The monoisotopic (exact) mass is 272 g/mol. The Morgan fingerprint density at radius 2 is 1.71 bits per heavy atom. The Bertz CT molecular complexity index is 378. The Morgan fingerprint density at radius 1 is 1.18 bits per heavy atom. The van der Waals surface area contributed by atoms with Gasteiger partial charge in [-0.25, -0.2) is 0 Å². The van der Waals surface area contributed by atoms with Gasteiger partial charge in [-0.1, -0.05) is 29.3 Å². The van der Waals surface area contributed by atoms with Crippen molar-refractivity contribution in [3.05, 3.63) is 33.8 Å². The lowest BCUT2D eigenvalue weighted by molar-refractivity contribution is 0.271. The van der Waals surface area contributed by atoms with Crippen molar-refractivity contribution in [2.75, 3.05) is 0 Å². The molecule has 94 valence electrons. The zero-order valence-electron chi connectivity index (χ0n) is 9.76. The lowest BCUT2D eigenvalue weighted by Gasteiger charge is -2.36. The SMILES string of the molecule is NC1CCC(N)(Cc2c(Cl)cccc2Cl)CC1. The Kier molecular flexibility index (Phi) is 3.99. The fourth-order valence-electron chi connectivity index (χ4n) is 2.45. The molecule has 0 saturated heterocycles. The van der Waals surface area contributed by atoms with Crippen LogP contribution in [-0.4, -0.2) is 11.6 Å². The van der Waals surface area contributed by atoms with E-state index in [0.717, 1.165) is 37.7 Å². The fraction of sp³-hybridized carbons (Fsp3) is 0.538. The van der Waals surface area contributed by atoms with Gasteiger partial charge in [-0.15, -0.1) is 0 Å². The maximum absolute atomic E-state index is 6.42. The predicted molar refractivity (Wildman–Crippen MR) is 73.5 cm³/mol. The summed E-state index contributed by atoms with van der Waals surface area (Å²) in [4.78, 5) is 0. The molecule has 2 nitrogen and oxygen atoms in total. The minimum atomic E-state index is -0.204. The largest absolute Gasteiger partial charge is 0.328 e. The summed E-state index contributed by atoms with van der Waals surface area (Å²) in [5, 5.41) is 1.41. The molecule has 1 aromatic rings. The smallest absolute Gasteiger partial charge is 0.0453 e. The quantitative estimate of drug-likeness (QED) is 0.869. The molecule has 17 heavy (non-hydrogen) atoms. The van der Waals surface area contributed by atoms with Crippen LogP contribution in [0.2, 0.25) is 10.0 Å². The third-order valence-electron chi connectivity index (χ3n) is 3.62. The Balaban J connectivity index is 2.15. The van der Waals surface area contributed by atoms with Crippen LogP contribution >= 0.6 is 23.2 Å². The summed E-state index contributed by atoms with van der Waals surface area (Å²) < 4.78 is 0. The first-order chi connectivity index (χ1) is 8.00. The van der Waals surface area contributed by atoms with Crippen molar-refractivity contribution in [1.29, 1.82) is 0 Å². The molecule has 0 aromatic heterocycles. The molecule has 2 rings (SSSR count). The van der Waals surface area contributed by atoms with E-state index in [9.17, 15) is 0 Å². The van der Waals surface area contributed by atoms with Crippen LogP contribution in [-0.2, 0) is 6.42 Å². The Hall–Kier alpha value is -0.280. The first-order valence-corrected chi connectivity index (χ1v) is 6.73. The lowest BCUT2D eigenvalue weighted by Crippen LogP contribution is -2.47. The molecular weight excluding hydrogens is 255 g/mol. The second-order valence-electron chi connectivity index (χ2n) is 5.08. The van der Waals surface area contributed by atoms with Crippen molar-refractivity contribution in [3.8, 4) is 0 Å². The number of hydrogen-bond acceptors (Lipinski definition) is 2. The highest BCUT2D eigenvalue weighted by Crippen LogP contribution is 2.33. The van der Waals surface area contributed by atoms with Crippen molar-refractivity contribution >= 4 is 23.2 Å². The van der Waals surface area contributed by atoms with Gasteiger partial charge < -0.3 is 11.5 Å². The number of rotatable bonds is 2. The molecule has 1 aliphatic rings. The van der Waals surface area contributed by atoms with Crippen LogP contribution in [0.4, 0.5) is 0 Å². The van der Waals surface area contributed by atoms with E-state index in [1.807, 2.05) is 18.2 Å². The first kappa shape index (κ1) is 13.2. The van der Waals surface area contributed by atoms with Gasteiger partial charge in [0.15, 0.2) is 0 Å². The van der Waals surface area contributed by atoms with Gasteiger partial charge in [0, 0.05) is 21.6 Å². The zero-order valence-corrected chi connectivity index (χ0v) is 11.3. The van der Waals surface area contributed by atoms with Gasteiger partial charge >= 0.3 is 0 Å². The molecule has 0 atom stereocenters. The minimum absolute atomic E-state index is 0.204. The zero-order chi connectivity index (χ0) is 12.5. The highest BCUT2D eigenvalue weighted by atomic mass is 35.5.